The fraction of sp³-hybridized carbons (Fsp3) is 0.500. The van der Waals surface area contributed by atoms with Gasteiger partial charge in [0.2, 0.25) is 5.82 Å². The third-order valence-electron chi connectivity index (χ3n) is 3.07. The second kappa shape index (κ2) is 5.41. The zero-order chi connectivity index (χ0) is 14.9. The van der Waals surface area contributed by atoms with Crippen molar-refractivity contribution in [3.8, 4) is 0 Å². The molecule has 0 aromatic carbocycles. The van der Waals surface area contributed by atoms with Gasteiger partial charge in [-0.1, -0.05) is 0 Å². The van der Waals surface area contributed by atoms with Crippen molar-refractivity contribution < 1.29 is 24.5 Å². The summed E-state index contributed by atoms with van der Waals surface area (Å²) in [7, 11) is 1.22. The molecule has 1 aromatic rings. The molecule has 1 saturated heterocycles. The average molecular weight is 281 g/mol. The molecule has 2 unspecified atom stereocenters. The molecule has 0 amide bonds. The van der Waals surface area contributed by atoms with Crippen molar-refractivity contribution in [2.24, 2.45) is 0 Å². The first kappa shape index (κ1) is 14.2. The minimum Gasteiger partial charge on any atom is -0.480 e. The summed E-state index contributed by atoms with van der Waals surface area (Å²) in [6.07, 6.45) is -0.626. The molecule has 2 atom stereocenters. The van der Waals surface area contributed by atoms with Crippen molar-refractivity contribution >= 4 is 17.8 Å². The molecule has 2 N–H and O–H groups in total. The molecule has 0 bridgehead atoms. The number of methoxy groups -OCH3 is 1. The maximum atomic E-state index is 11.5. The number of β-amino-alcohol motifs (C(OH)–C–C–N with tert-alkyl or cyclic N) is 1. The van der Waals surface area contributed by atoms with E-state index in [1.54, 1.807) is 13.0 Å². The smallest absolute Gasteiger partial charge is 0.376 e. The highest BCUT2D eigenvalue weighted by atomic mass is 16.5. The van der Waals surface area contributed by atoms with E-state index in [-0.39, 0.29) is 18.8 Å². The Balaban J connectivity index is 2.39. The van der Waals surface area contributed by atoms with Gasteiger partial charge in [-0.05, 0) is 6.92 Å². The standard InChI is InChI=1S/C12H15N3O5/c1-6-3-9(14-10(13-6)12(19)20-2)15-5-7(16)4-8(15)11(17)18/h3,7-8,16H,4-5H2,1-2H3,(H,17,18). The molecule has 1 fully saturated rings. The molecule has 108 valence electrons. The molecule has 8 heteroatoms. The van der Waals surface area contributed by atoms with Gasteiger partial charge in [-0.3, -0.25) is 0 Å². The van der Waals surface area contributed by atoms with Gasteiger partial charge >= 0.3 is 11.9 Å². The van der Waals surface area contributed by atoms with Gasteiger partial charge in [-0.25, -0.2) is 19.6 Å². The number of aliphatic hydroxyl groups excluding tert-OH is 1. The number of hydrogen-bond acceptors (Lipinski definition) is 7. The Kier molecular flexibility index (Phi) is 3.84. The number of anilines is 1. The van der Waals surface area contributed by atoms with Gasteiger partial charge in [0.1, 0.15) is 11.9 Å². The number of carboxylic acids is 1. The minimum atomic E-state index is -1.04. The Bertz CT molecular complexity index is 548. The number of aliphatic carboxylic acids is 1. The number of aryl methyl sites for hydroxylation is 1. The van der Waals surface area contributed by atoms with Gasteiger partial charge in [0.25, 0.3) is 0 Å². The maximum Gasteiger partial charge on any atom is 0.376 e. The Labute approximate surface area is 115 Å². The van der Waals surface area contributed by atoms with E-state index in [2.05, 4.69) is 14.7 Å². The van der Waals surface area contributed by atoms with Gasteiger partial charge in [-0.2, -0.15) is 0 Å². The summed E-state index contributed by atoms with van der Waals surface area (Å²) in [6.45, 7) is 1.81. The van der Waals surface area contributed by atoms with E-state index in [0.29, 0.717) is 11.5 Å². The quantitative estimate of drug-likeness (QED) is 0.719. The van der Waals surface area contributed by atoms with Crippen LogP contribution in [0.25, 0.3) is 0 Å². The third kappa shape index (κ3) is 2.69. The normalized spacial score (nSPS) is 21.9. The predicted molar refractivity (Wildman–Crippen MR) is 67.5 cm³/mol. The average Bonchev–Trinajstić information content (AvgIpc) is 2.79. The molecule has 0 radical (unpaired) electrons. The number of rotatable bonds is 3. The molecule has 0 spiro atoms. The first-order chi connectivity index (χ1) is 9.42. The highest BCUT2D eigenvalue weighted by Crippen LogP contribution is 2.25. The van der Waals surface area contributed by atoms with Crippen LogP contribution in [-0.4, -0.2) is 57.9 Å². The fourth-order valence-electron chi connectivity index (χ4n) is 2.18. The highest BCUT2D eigenvalue weighted by Gasteiger charge is 2.37. The zero-order valence-corrected chi connectivity index (χ0v) is 11.1. The van der Waals surface area contributed by atoms with Gasteiger partial charge in [0.05, 0.1) is 13.2 Å². The van der Waals surface area contributed by atoms with Crippen molar-refractivity contribution in [2.75, 3.05) is 18.6 Å². The minimum absolute atomic E-state index is 0.117. The van der Waals surface area contributed by atoms with Crippen LogP contribution in [0.3, 0.4) is 0 Å². The van der Waals surface area contributed by atoms with E-state index in [0.717, 1.165) is 0 Å². The van der Waals surface area contributed by atoms with E-state index in [1.807, 2.05) is 0 Å². The van der Waals surface area contributed by atoms with Crippen LogP contribution in [-0.2, 0) is 9.53 Å². The van der Waals surface area contributed by atoms with Crippen molar-refractivity contribution in [2.45, 2.75) is 25.5 Å². The molecule has 2 heterocycles. The summed E-state index contributed by atoms with van der Waals surface area (Å²) in [4.78, 5) is 32.1. The van der Waals surface area contributed by atoms with Gasteiger partial charge in [0, 0.05) is 24.7 Å². The number of aromatic nitrogens is 2. The molecule has 20 heavy (non-hydrogen) atoms. The van der Waals surface area contributed by atoms with E-state index >= 15 is 0 Å². The highest BCUT2D eigenvalue weighted by molar-refractivity contribution is 5.86. The van der Waals surface area contributed by atoms with E-state index in [9.17, 15) is 14.7 Å². The van der Waals surface area contributed by atoms with Crippen molar-refractivity contribution in [3.63, 3.8) is 0 Å². The number of carbonyl (C=O) groups excluding carboxylic acids is 1. The maximum absolute atomic E-state index is 11.5. The van der Waals surface area contributed by atoms with Crippen molar-refractivity contribution in [1.29, 1.82) is 0 Å². The first-order valence-electron chi connectivity index (χ1n) is 6.04. The number of hydrogen-bond donors (Lipinski definition) is 2. The van der Waals surface area contributed by atoms with E-state index in [1.165, 1.54) is 12.0 Å². The Morgan fingerprint density at radius 3 is 2.75 bits per heavy atom. The molecule has 8 nitrogen and oxygen atoms in total. The van der Waals surface area contributed by atoms with Crippen LogP contribution in [0.5, 0.6) is 0 Å². The topological polar surface area (TPSA) is 113 Å². The lowest BCUT2D eigenvalue weighted by atomic mass is 10.2. The van der Waals surface area contributed by atoms with E-state index < -0.39 is 24.1 Å². The number of esters is 1. The first-order valence-corrected chi connectivity index (χ1v) is 6.04. The summed E-state index contributed by atoms with van der Waals surface area (Å²) >= 11 is 0. The van der Waals surface area contributed by atoms with Gasteiger partial charge in [0.15, 0.2) is 0 Å². The summed E-state index contributed by atoms with van der Waals surface area (Å²) in [5, 5.41) is 18.8. The molecular formula is C12H15N3O5. The molecule has 0 aliphatic carbocycles. The van der Waals surface area contributed by atoms with E-state index in [4.69, 9.17) is 5.11 Å². The lowest BCUT2D eigenvalue weighted by molar-refractivity contribution is -0.138. The molecule has 1 aromatic heterocycles. The number of nitrogens with zero attached hydrogens (tertiary/aromatic N) is 3. The van der Waals surface area contributed by atoms with Gasteiger partial charge in [-0.15, -0.1) is 0 Å². The molecular weight excluding hydrogens is 266 g/mol. The fourth-order valence-corrected chi connectivity index (χ4v) is 2.18. The van der Waals surface area contributed by atoms with Crippen LogP contribution < -0.4 is 4.90 Å². The largest absolute Gasteiger partial charge is 0.480 e. The SMILES string of the molecule is COC(=O)c1nc(C)cc(N2CC(O)CC2C(=O)O)n1. The summed E-state index contributed by atoms with van der Waals surface area (Å²) in [5.74, 6) is -1.58. The molecule has 0 saturated carbocycles. The molecule has 1 aliphatic rings. The number of carbonyl (C=O) groups is 2. The number of ether oxygens (including phenoxy) is 1. The summed E-state index contributed by atoms with van der Waals surface area (Å²) in [6, 6.07) is 0.699. The molecule has 1 aliphatic heterocycles. The van der Waals surface area contributed by atoms with Crippen LogP contribution in [0.4, 0.5) is 5.82 Å². The van der Waals surface area contributed by atoms with Crippen molar-refractivity contribution in [3.05, 3.63) is 17.6 Å². The Hall–Kier alpha value is -2.22. The summed E-state index contributed by atoms with van der Waals surface area (Å²) in [5.41, 5.74) is 0.515. The number of aliphatic hydroxyl groups is 1. The van der Waals surface area contributed by atoms with Crippen molar-refractivity contribution in [1.82, 2.24) is 9.97 Å². The van der Waals surface area contributed by atoms with Crippen LogP contribution in [0.15, 0.2) is 6.07 Å². The monoisotopic (exact) mass is 281 g/mol. The van der Waals surface area contributed by atoms with Crippen LogP contribution in [0.1, 0.15) is 22.7 Å². The lowest BCUT2D eigenvalue weighted by Gasteiger charge is -2.22. The zero-order valence-electron chi connectivity index (χ0n) is 11.1. The second-order valence-corrected chi connectivity index (χ2v) is 4.58. The molecule has 2 rings (SSSR count). The van der Waals surface area contributed by atoms with Crippen LogP contribution >= 0.6 is 0 Å². The number of carboxylic acid groups (broad SMARTS) is 1. The van der Waals surface area contributed by atoms with Crippen LogP contribution in [0, 0.1) is 6.92 Å². The lowest BCUT2D eigenvalue weighted by Crippen LogP contribution is -2.37. The van der Waals surface area contributed by atoms with Gasteiger partial charge < -0.3 is 19.8 Å². The Morgan fingerprint density at radius 2 is 2.15 bits per heavy atom. The predicted octanol–water partition coefficient (Wildman–Crippen LogP) is -0.404. The third-order valence-corrected chi connectivity index (χ3v) is 3.07. The second-order valence-electron chi connectivity index (χ2n) is 4.58. The Morgan fingerprint density at radius 1 is 1.45 bits per heavy atom. The summed E-state index contributed by atoms with van der Waals surface area (Å²) < 4.78 is 4.56. The van der Waals surface area contributed by atoms with Crippen LogP contribution in [0.2, 0.25) is 0 Å².